The van der Waals surface area contributed by atoms with Gasteiger partial charge in [0.15, 0.2) is 6.61 Å². The number of ether oxygens (including phenoxy) is 1. The van der Waals surface area contributed by atoms with Crippen LogP contribution in [-0.4, -0.2) is 29.0 Å². The van der Waals surface area contributed by atoms with E-state index in [9.17, 15) is 22.8 Å². The second kappa shape index (κ2) is 7.72. The van der Waals surface area contributed by atoms with Crippen LogP contribution < -0.4 is 5.32 Å². The average Bonchev–Trinajstić information content (AvgIpc) is 2.42. The van der Waals surface area contributed by atoms with Crippen molar-refractivity contribution in [2.75, 3.05) is 17.7 Å². The number of nitrogens with one attached hydrogen (secondary N) is 1. The van der Waals surface area contributed by atoms with E-state index in [1.807, 2.05) is 20.8 Å². The minimum absolute atomic E-state index is 0.0957. The fourth-order valence-corrected chi connectivity index (χ4v) is 2.04. The van der Waals surface area contributed by atoms with Crippen molar-refractivity contribution < 1.29 is 27.5 Å². The lowest BCUT2D eigenvalue weighted by atomic mass is 10.2. The molecule has 1 aromatic carbocycles. The highest BCUT2D eigenvalue weighted by Crippen LogP contribution is 2.29. The highest BCUT2D eigenvalue weighted by atomic mass is 32.2. The quantitative estimate of drug-likeness (QED) is 0.823. The van der Waals surface area contributed by atoms with Gasteiger partial charge in [-0.2, -0.15) is 13.2 Å². The molecule has 8 heteroatoms. The number of thioether (sulfide) groups is 1. The summed E-state index contributed by atoms with van der Waals surface area (Å²) in [5.74, 6) is -1.01. The highest BCUT2D eigenvalue weighted by Gasteiger charge is 2.30. The Balaban J connectivity index is 2.41. The number of carbonyl (C=O) groups excluding carboxylic acids is 2. The maximum absolute atomic E-state index is 12.4. The zero-order valence-electron chi connectivity index (χ0n) is 13.0. The van der Waals surface area contributed by atoms with Crippen LogP contribution in [0.4, 0.5) is 18.9 Å². The van der Waals surface area contributed by atoms with Crippen LogP contribution in [0.3, 0.4) is 0 Å². The molecule has 0 aliphatic rings. The summed E-state index contributed by atoms with van der Waals surface area (Å²) in [7, 11) is 0. The predicted octanol–water partition coefficient (Wildman–Crippen LogP) is 3.72. The molecular formula is C15H18F3NO3S. The molecule has 1 N–H and O–H groups in total. The van der Waals surface area contributed by atoms with Crippen molar-refractivity contribution in [2.24, 2.45) is 0 Å². The predicted molar refractivity (Wildman–Crippen MR) is 83.2 cm³/mol. The van der Waals surface area contributed by atoms with Gasteiger partial charge in [-0.05, 0) is 24.3 Å². The van der Waals surface area contributed by atoms with Gasteiger partial charge in [0.05, 0.1) is 11.3 Å². The topological polar surface area (TPSA) is 55.4 Å². The molecule has 1 amide bonds. The van der Waals surface area contributed by atoms with Crippen LogP contribution in [0.5, 0.6) is 0 Å². The Kier molecular flexibility index (Phi) is 6.49. The average molecular weight is 349 g/mol. The summed E-state index contributed by atoms with van der Waals surface area (Å²) >= 11 is 1.39. The third-order valence-electron chi connectivity index (χ3n) is 2.48. The molecule has 0 spiro atoms. The summed E-state index contributed by atoms with van der Waals surface area (Å²) in [5, 5.41) is 2.36. The number of anilines is 1. The fraction of sp³-hybridized carbons (Fsp3) is 0.467. The minimum atomic E-state index is -4.43. The number of benzene rings is 1. The van der Waals surface area contributed by atoms with Gasteiger partial charge in [0.25, 0.3) is 5.91 Å². The van der Waals surface area contributed by atoms with E-state index in [4.69, 9.17) is 4.74 Å². The summed E-state index contributed by atoms with van der Waals surface area (Å²) < 4.78 is 41.9. The van der Waals surface area contributed by atoms with E-state index in [0.29, 0.717) is 0 Å². The van der Waals surface area contributed by atoms with Crippen LogP contribution in [0.15, 0.2) is 24.3 Å². The maximum Gasteiger partial charge on any atom is 0.416 e. The van der Waals surface area contributed by atoms with Gasteiger partial charge >= 0.3 is 12.1 Å². The number of halogens is 3. The molecule has 128 valence electrons. The zero-order valence-corrected chi connectivity index (χ0v) is 13.8. The zero-order chi connectivity index (χ0) is 17.7. The molecule has 0 atom stereocenters. The Bertz CT molecular complexity index is 551. The van der Waals surface area contributed by atoms with Crippen molar-refractivity contribution >= 4 is 29.3 Å². The van der Waals surface area contributed by atoms with Crippen LogP contribution in [-0.2, 0) is 20.5 Å². The lowest BCUT2D eigenvalue weighted by Crippen LogP contribution is -2.22. The molecule has 0 saturated heterocycles. The van der Waals surface area contributed by atoms with Gasteiger partial charge in [0.2, 0.25) is 0 Å². The fourth-order valence-electron chi connectivity index (χ4n) is 1.40. The van der Waals surface area contributed by atoms with E-state index >= 15 is 0 Å². The number of alkyl halides is 3. The first-order valence-electron chi connectivity index (χ1n) is 6.74. The largest absolute Gasteiger partial charge is 0.455 e. The molecular weight excluding hydrogens is 331 g/mol. The summed E-state index contributed by atoms with van der Waals surface area (Å²) in [4.78, 5) is 23.0. The number of esters is 1. The smallest absolute Gasteiger partial charge is 0.416 e. The Morgan fingerprint density at radius 3 is 2.17 bits per heavy atom. The molecule has 0 aliphatic carbocycles. The van der Waals surface area contributed by atoms with Crippen molar-refractivity contribution in [3.05, 3.63) is 29.8 Å². The molecule has 0 unspecified atom stereocenters. The first kappa shape index (κ1) is 19.3. The normalized spacial score (nSPS) is 11.9. The molecule has 23 heavy (non-hydrogen) atoms. The second-order valence-electron chi connectivity index (χ2n) is 5.69. The molecule has 0 radical (unpaired) electrons. The van der Waals surface area contributed by atoms with Crippen molar-refractivity contribution in [1.29, 1.82) is 0 Å². The molecule has 4 nitrogen and oxygen atoms in total. The van der Waals surface area contributed by atoms with E-state index in [0.717, 1.165) is 24.3 Å². The van der Waals surface area contributed by atoms with E-state index in [2.05, 4.69) is 5.32 Å². The Labute approximate surface area is 136 Å². The number of hydrogen-bond acceptors (Lipinski definition) is 4. The Morgan fingerprint density at radius 1 is 1.13 bits per heavy atom. The summed E-state index contributed by atoms with van der Waals surface area (Å²) in [5.41, 5.74) is -0.607. The summed E-state index contributed by atoms with van der Waals surface area (Å²) in [6, 6.07) is 4.00. The van der Waals surface area contributed by atoms with Gasteiger partial charge < -0.3 is 10.1 Å². The summed E-state index contributed by atoms with van der Waals surface area (Å²) in [6.07, 6.45) is -4.43. The monoisotopic (exact) mass is 349 g/mol. The van der Waals surface area contributed by atoms with Gasteiger partial charge in [-0.1, -0.05) is 20.8 Å². The second-order valence-corrected chi connectivity index (χ2v) is 7.49. The Hall–Kier alpha value is -1.70. The van der Waals surface area contributed by atoms with Crippen LogP contribution in [0.25, 0.3) is 0 Å². The van der Waals surface area contributed by atoms with Crippen molar-refractivity contribution in [1.82, 2.24) is 0 Å². The first-order chi connectivity index (χ1) is 10.5. The van der Waals surface area contributed by atoms with Gasteiger partial charge in [0, 0.05) is 10.4 Å². The Morgan fingerprint density at radius 2 is 1.70 bits per heavy atom. The lowest BCUT2D eigenvalue weighted by molar-refractivity contribution is -0.144. The van der Waals surface area contributed by atoms with Crippen LogP contribution in [0.2, 0.25) is 0 Å². The van der Waals surface area contributed by atoms with Crippen LogP contribution in [0.1, 0.15) is 26.3 Å². The lowest BCUT2D eigenvalue weighted by Gasteiger charge is -2.16. The summed E-state index contributed by atoms with van der Waals surface area (Å²) in [6.45, 7) is 5.36. The molecule has 0 aromatic heterocycles. The van der Waals surface area contributed by atoms with Crippen molar-refractivity contribution in [3.63, 3.8) is 0 Å². The molecule has 1 rings (SSSR count). The van der Waals surface area contributed by atoms with Crippen molar-refractivity contribution in [2.45, 2.75) is 31.7 Å². The van der Waals surface area contributed by atoms with E-state index in [1.54, 1.807) is 0 Å². The van der Waals surface area contributed by atoms with E-state index in [1.165, 1.54) is 11.8 Å². The SMILES string of the molecule is CC(C)(C)SCC(=O)OCC(=O)Nc1ccc(C(F)(F)F)cc1. The number of carbonyl (C=O) groups is 2. The molecule has 1 aromatic rings. The minimum Gasteiger partial charge on any atom is -0.455 e. The molecule has 0 fully saturated rings. The van der Waals surface area contributed by atoms with Crippen LogP contribution >= 0.6 is 11.8 Å². The maximum atomic E-state index is 12.4. The molecule has 0 bridgehead atoms. The molecule has 0 saturated carbocycles. The van der Waals surface area contributed by atoms with Gasteiger partial charge in [0.1, 0.15) is 0 Å². The van der Waals surface area contributed by atoms with Crippen LogP contribution in [0, 0.1) is 0 Å². The van der Waals surface area contributed by atoms with E-state index in [-0.39, 0.29) is 16.2 Å². The van der Waals surface area contributed by atoms with Crippen molar-refractivity contribution in [3.8, 4) is 0 Å². The van der Waals surface area contributed by atoms with Gasteiger partial charge in [-0.15, -0.1) is 11.8 Å². The third-order valence-corrected chi connectivity index (χ3v) is 3.73. The number of amides is 1. The van der Waals surface area contributed by atoms with Gasteiger partial charge in [-0.25, -0.2) is 0 Å². The van der Waals surface area contributed by atoms with Gasteiger partial charge in [-0.3, -0.25) is 9.59 Å². The highest BCUT2D eigenvalue weighted by molar-refractivity contribution is 8.01. The standard InChI is InChI=1S/C15H18F3NO3S/c1-14(2,3)23-9-13(21)22-8-12(20)19-11-6-4-10(5-7-11)15(16,17)18/h4-7H,8-9H2,1-3H3,(H,19,20). The number of hydrogen-bond donors (Lipinski definition) is 1. The molecule has 0 heterocycles. The third kappa shape index (κ3) is 7.92. The molecule has 0 aliphatic heterocycles. The first-order valence-corrected chi connectivity index (χ1v) is 7.72. The number of rotatable bonds is 5. The van der Waals surface area contributed by atoms with E-state index < -0.39 is 30.2 Å².